The number of thioether (sulfide) groups is 1. The van der Waals surface area contributed by atoms with Gasteiger partial charge in [0, 0.05) is 24.3 Å². The van der Waals surface area contributed by atoms with Crippen molar-refractivity contribution in [1.29, 1.82) is 0 Å². The largest absolute Gasteiger partial charge is 0.493 e. The van der Waals surface area contributed by atoms with Crippen molar-refractivity contribution in [2.75, 3.05) is 12.4 Å². The van der Waals surface area contributed by atoms with E-state index in [1.165, 1.54) is 18.1 Å². The number of hydrogen-bond donors (Lipinski definition) is 0. The first-order valence-corrected chi connectivity index (χ1v) is 8.25. The topological polar surface area (TPSA) is 73.8 Å². The minimum absolute atomic E-state index is 0.116. The van der Waals surface area contributed by atoms with Crippen molar-refractivity contribution in [1.82, 2.24) is 20.2 Å². The Labute approximate surface area is 133 Å². The normalized spacial score (nSPS) is 10.6. The van der Waals surface area contributed by atoms with Gasteiger partial charge < -0.3 is 4.74 Å². The van der Waals surface area contributed by atoms with Gasteiger partial charge >= 0.3 is 0 Å². The summed E-state index contributed by atoms with van der Waals surface area (Å²) in [5.41, 5.74) is 0. The van der Waals surface area contributed by atoms with E-state index in [1.807, 2.05) is 24.5 Å². The molecule has 0 unspecified atom stereocenters. The first kappa shape index (κ1) is 16.4. The minimum atomic E-state index is 0.116. The van der Waals surface area contributed by atoms with E-state index < -0.39 is 0 Å². The SMILES string of the molecule is CCC[n+]1ccc(OCCC(=O)SCCn2cnnn2)cc1. The first-order chi connectivity index (χ1) is 10.8. The van der Waals surface area contributed by atoms with Gasteiger partial charge in [0.2, 0.25) is 0 Å². The van der Waals surface area contributed by atoms with Gasteiger partial charge in [-0.3, -0.25) is 4.79 Å². The molecular formula is C14H20N5O2S+. The van der Waals surface area contributed by atoms with Crippen LogP contribution in [0, 0.1) is 0 Å². The number of nitrogens with zero attached hydrogens (tertiary/aromatic N) is 5. The van der Waals surface area contributed by atoms with Crippen LogP contribution in [0.4, 0.5) is 0 Å². The van der Waals surface area contributed by atoms with E-state index in [4.69, 9.17) is 4.74 Å². The fourth-order valence-corrected chi connectivity index (χ4v) is 2.54. The van der Waals surface area contributed by atoms with Crippen LogP contribution in [-0.2, 0) is 17.9 Å². The molecule has 0 saturated heterocycles. The molecule has 0 aromatic carbocycles. The van der Waals surface area contributed by atoms with Crippen LogP contribution in [-0.4, -0.2) is 37.7 Å². The summed E-state index contributed by atoms with van der Waals surface area (Å²) >= 11 is 1.28. The molecule has 2 aromatic rings. The molecule has 0 N–H and O–H groups in total. The number of tetrazole rings is 1. The lowest BCUT2D eigenvalue weighted by atomic mass is 10.4. The maximum atomic E-state index is 11.7. The maximum Gasteiger partial charge on any atom is 0.192 e. The Morgan fingerprint density at radius 2 is 2.23 bits per heavy atom. The van der Waals surface area contributed by atoms with Crippen LogP contribution in [0.3, 0.4) is 0 Å². The van der Waals surface area contributed by atoms with Gasteiger partial charge in [-0.1, -0.05) is 18.7 Å². The second kappa shape index (κ2) is 9.14. The molecule has 0 saturated carbocycles. The van der Waals surface area contributed by atoms with Crippen molar-refractivity contribution in [3.63, 3.8) is 0 Å². The highest BCUT2D eigenvalue weighted by atomic mass is 32.2. The van der Waals surface area contributed by atoms with Crippen molar-refractivity contribution < 1.29 is 14.1 Å². The maximum absolute atomic E-state index is 11.7. The van der Waals surface area contributed by atoms with Gasteiger partial charge in [-0.2, -0.15) is 0 Å². The monoisotopic (exact) mass is 322 g/mol. The molecule has 0 spiro atoms. The smallest absolute Gasteiger partial charge is 0.192 e. The number of carbonyl (C=O) groups excluding carboxylic acids is 1. The third kappa shape index (κ3) is 5.80. The molecule has 0 aliphatic rings. The van der Waals surface area contributed by atoms with Gasteiger partial charge in [0.1, 0.15) is 18.6 Å². The predicted molar refractivity (Wildman–Crippen MR) is 82.3 cm³/mol. The summed E-state index contributed by atoms with van der Waals surface area (Å²) in [5, 5.41) is 10.9. The molecule has 2 rings (SSSR count). The number of hydrogen-bond acceptors (Lipinski definition) is 6. The second-order valence-corrected chi connectivity index (χ2v) is 5.82. The summed E-state index contributed by atoms with van der Waals surface area (Å²) in [5.74, 6) is 1.45. The molecule has 22 heavy (non-hydrogen) atoms. The summed E-state index contributed by atoms with van der Waals surface area (Å²) in [6, 6.07) is 3.84. The van der Waals surface area contributed by atoms with Gasteiger partial charge in [-0.25, -0.2) is 9.25 Å². The molecule has 0 bridgehead atoms. The quantitative estimate of drug-likeness (QED) is 0.644. The van der Waals surface area contributed by atoms with Crippen LogP contribution >= 0.6 is 11.8 Å². The number of aromatic nitrogens is 5. The molecule has 0 atom stereocenters. The van der Waals surface area contributed by atoms with E-state index >= 15 is 0 Å². The Bertz CT molecular complexity index is 559. The zero-order valence-electron chi connectivity index (χ0n) is 12.6. The molecule has 2 heterocycles. The molecule has 0 aliphatic carbocycles. The van der Waals surface area contributed by atoms with E-state index in [0.717, 1.165) is 18.7 Å². The number of aryl methyl sites for hydroxylation is 2. The Kier molecular flexibility index (Phi) is 6.82. The zero-order valence-corrected chi connectivity index (χ0v) is 13.4. The summed E-state index contributed by atoms with van der Waals surface area (Å²) in [4.78, 5) is 11.7. The van der Waals surface area contributed by atoms with Crippen LogP contribution in [0.2, 0.25) is 0 Å². The molecule has 7 nitrogen and oxygen atoms in total. The number of carbonyl (C=O) groups is 1. The third-order valence-electron chi connectivity index (χ3n) is 2.89. The average Bonchev–Trinajstić information content (AvgIpc) is 3.03. The molecule has 0 amide bonds. The Morgan fingerprint density at radius 1 is 1.41 bits per heavy atom. The van der Waals surface area contributed by atoms with E-state index in [0.29, 0.717) is 25.3 Å². The first-order valence-electron chi connectivity index (χ1n) is 7.26. The average molecular weight is 322 g/mol. The van der Waals surface area contributed by atoms with E-state index in [-0.39, 0.29) is 5.12 Å². The molecule has 0 radical (unpaired) electrons. The van der Waals surface area contributed by atoms with Crippen molar-refractivity contribution in [3.8, 4) is 5.75 Å². The highest BCUT2D eigenvalue weighted by Gasteiger charge is 2.05. The van der Waals surface area contributed by atoms with Crippen molar-refractivity contribution >= 4 is 16.9 Å². The van der Waals surface area contributed by atoms with Gasteiger partial charge in [0.25, 0.3) is 0 Å². The summed E-state index contributed by atoms with van der Waals surface area (Å²) < 4.78 is 9.28. The lowest BCUT2D eigenvalue weighted by Crippen LogP contribution is -2.31. The Morgan fingerprint density at radius 3 is 2.91 bits per heavy atom. The van der Waals surface area contributed by atoms with Gasteiger partial charge in [0.05, 0.1) is 19.6 Å². The molecule has 0 aliphatic heterocycles. The number of rotatable bonds is 9. The zero-order chi connectivity index (χ0) is 15.6. The summed E-state index contributed by atoms with van der Waals surface area (Å²) in [7, 11) is 0. The molecule has 8 heteroatoms. The predicted octanol–water partition coefficient (Wildman–Crippen LogP) is 1.10. The highest BCUT2D eigenvalue weighted by molar-refractivity contribution is 8.13. The fourth-order valence-electron chi connectivity index (χ4n) is 1.81. The highest BCUT2D eigenvalue weighted by Crippen LogP contribution is 2.10. The van der Waals surface area contributed by atoms with Crippen LogP contribution in [0.15, 0.2) is 30.9 Å². The van der Waals surface area contributed by atoms with Crippen LogP contribution < -0.4 is 9.30 Å². The second-order valence-electron chi connectivity index (χ2n) is 4.66. The van der Waals surface area contributed by atoms with Crippen molar-refractivity contribution in [3.05, 3.63) is 30.9 Å². The minimum Gasteiger partial charge on any atom is -0.493 e. The van der Waals surface area contributed by atoms with Crippen LogP contribution in [0.1, 0.15) is 19.8 Å². The molecule has 0 fully saturated rings. The Balaban J connectivity index is 1.60. The lowest BCUT2D eigenvalue weighted by molar-refractivity contribution is -0.697. The van der Waals surface area contributed by atoms with Gasteiger partial charge in [-0.15, -0.1) is 5.10 Å². The van der Waals surface area contributed by atoms with Crippen molar-refractivity contribution in [2.45, 2.75) is 32.9 Å². The standard InChI is InChI=1S/C14H20N5O2S/c1-2-6-18-7-3-13(4-8-18)21-10-5-14(20)22-11-9-19-12-15-16-17-19/h3-4,7-8,12H,2,5-6,9-11H2,1H3/q+1. The lowest BCUT2D eigenvalue weighted by Gasteiger charge is -2.05. The van der Waals surface area contributed by atoms with Gasteiger partial charge in [-0.05, 0) is 10.4 Å². The molecular weight excluding hydrogens is 302 g/mol. The number of pyridine rings is 1. The van der Waals surface area contributed by atoms with Crippen molar-refractivity contribution in [2.24, 2.45) is 0 Å². The van der Waals surface area contributed by atoms with Crippen LogP contribution in [0.25, 0.3) is 0 Å². The van der Waals surface area contributed by atoms with Crippen LogP contribution in [0.5, 0.6) is 5.75 Å². The fraction of sp³-hybridized carbons (Fsp3) is 0.500. The molecule has 118 valence electrons. The number of ether oxygens (including phenoxy) is 1. The summed E-state index contributed by atoms with van der Waals surface area (Å²) in [6.07, 6.45) is 7.00. The third-order valence-corrected chi connectivity index (χ3v) is 3.80. The van der Waals surface area contributed by atoms with E-state index in [2.05, 4.69) is 27.0 Å². The molecule has 2 aromatic heterocycles. The van der Waals surface area contributed by atoms with E-state index in [9.17, 15) is 4.79 Å². The summed E-state index contributed by atoms with van der Waals surface area (Å²) in [6.45, 7) is 4.16. The van der Waals surface area contributed by atoms with Gasteiger partial charge in [0.15, 0.2) is 17.5 Å². The Hall–Kier alpha value is -1.96. The van der Waals surface area contributed by atoms with E-state index in [1.54, 1.807) is 4.68 Å².